The zero-order valence-corrected chi connectivity index (χ0v) is 14.4. The lowest BCUT2D eigenvalue weighted by molar-refractivity contribution is -0.139. The molecule has 1 aromatic carbocycles. The minimum Gasteiger partial charge on any atom is -0.370 e. The highest BCUT2D eigenvalue weighted by Gasteiger charge is 2.36. The Bertz CT molecular complexity index is 462. The first-order valence-electron chi connectivity index (χ1n) is 7.21. The van der Waals surface area contributed by atoms with Crippen LogP contribution in [0.25, 0.3) is 0 Å². The van der Waals surface area contributed by atoms with Crippen molar-refractivity contribution in [2.24, 2.45) is 5.73 Å². The molecule has 1 fully saturated rings. The number of nitrogens with zero attached hydrogens (tertiary/aromatic N) is 1. The lowest BCUT2D eigenvalue weighted by atomic mass is 9.95. The highest BCUT2D eigenvalue weighted by molar-refractivity contribution is 9.10. The van der Waals surface area contributed by atoms with Crippen LogP contribution in [0.5, 0.6) is 0 Å². The fourth-order valence-electron chi connectivity index (χ4n) is 3.25. The number of halogens is 1. The Kier molecular flexibility index (Phi) is 4.90. The summed E-state index contributed by atoms with van der Waals surface area (Å²) in [7, 11) is 0. The number of ether oxygens (including phenoxy) is 1. The number of hydrogen-bond acceptors (Lipinski definition) is 3. The van der Waals surface area contributed by atoms with Gasteiger partial charge in [-0.25, -0.2) is 0 Å². The molecule has 3 nitrogen and oxygen atoms in total. The third-order valence-corrected chi connectivity index (χ3v) is 4.17. The quantitative estimate of drug-likeness (QED) is 0.916. The minimum atomic E-state index is -0.128. The predicted octanol–water partition coefficient (Wildman–Crippen LogP) is 3.34. The van der Waals surface area contributed by atoms with Gasteiger partial charge in [0.25, 0.3) is 0 Å². The Balaban J connectivity index is 2.29. The third kappa shape index (κ3) is 3.82. The van der Waals surface area contributed by atoms with Crippen molar-refractivity contribution in [2.75, 3.05) is 13.1 Å². The summed E-state index contributed by atoms with van der Waals surface area (Å²) in [6.45, 7) is 10.3. The van der Waals surface area contributed by atoms with E-state index in [2.05, 4.69) is 66.7 Å². The summed E-state index contributed by atoms with van der Waals surface area (Å²) in [5.74, 6) is 0. The molecular formula is C16H25BrN2O. The van der Waals surface area contributed by atoms with Crippen molar-refractivity contribution in [2.45, 2.75) is 51.5 Å². The van der Waals surface area contributed by atoms with E-state index < -0.39 is 0 Å². The van der Waals surface area contributed by atoms with Crippen LogP contribution in [-0.2, 0) is 4.74 Å². The Labute approximate surface area is 130 Å². The molecule has 20 heavy (non-hydrogen) atoms. The van der Waals surface area contributed by atoms with E-state index in [1.165, 1.54) is 5.56 Å². The lowest BCUT2D eigenvalue weighted by Crippen LogP contribution is -2.55. The zero-order chi connectivity index (χ0) is 14.9. The van der Waals surface area contributed by atoms with E-state index in [0.29, 0.717) is 0 Å². The van der Waals surface area contributed by atoms with Crippen LogP contribution in [0.4, 0.5) is 0 Å². The SMILES string of the molecule is CC1CN(C(c2cccc(Br)c2)C(C)N)CC(C)(C)O1. The van der Waals surface area contributed by atoms with Crippen LogP contribution in [0, 0.1) is 0 Å². The van der Waals surface area contributed by atoms with Gasteiger partial charge >= 0.3 is 0 Å². The largest absolute Gasteiger partial charge is 0.370 e. The maximum atomic E-state index is 6.29. The number of nitrogens with two attached hydrogens (primary N) is 1. The van der Waals surface area contributed by atoms with Gasteiger partial charge in [-0.05, 0) is 45.4 Å². The maximum Gasteiger partial charge on any atom is 0.0757 e. The average molecular weight is 341 g/mol. The Morgan fingerprint density at radius 2 is 2.15 bits per heavy atom. The standard InChI is InChI=1S/C16H25BrN2O/c1-11-9-19(10-16(3,4)20-11)15(12(2)18)13-6-5-7-14(17)8-13/h5-8,11-12,15H,9-10,18H2,1-4H3. The van der Waals surface area contributed by atoms with Gasteiger partial charge in [-0.3, -0.25) is 4.90 Å². The number of hydrogen-bond donors (Lipinski definition) is 1. The first-order chi connectivity index (χ1) is 9.28. The number of rotatable bonds is 3. The fraction of sp³-hybridized carbons (Fsp3) is 0.625. The number of benzene rings is 1. The smallest absolute Gasteiger partial charge is 0.0757 e. The molecule has 1 aliphatic rings. The normalized spacial score (nSPS) is 26.2. The van der Waals surface area contributed by atoms with Gasteiger partial charge in [0.05, 0.1) is 11.7 Å². The van der Waals surface area contributed by atoms with Gasteiger partial charge < -0.3 is 10.5 Å². The average Bonchev–Trinajstić information content (AvgIpc) is 2.25. The van der Waals surface area contributed by atoms with Gasteiger partial charge in [-0.15, -0.1) is 0 Å². The molecule has 1 saturated heterocycles. The van der Waals surface area contributed by atoms with Crippen LogP contribution in [0.1, 0.15) is 39.3 Å². The van der Waals surface area contributed by atoms with Gasteiger partial charge in [0.2, 0.25) is 0 Å². The van der Waals surface area contributed by atoms with Gasteiger partial charge in [0.15, 0.2) is 0 Å². The van der Waals surface area contributed by atoms with Crippen LogP contribution in [-0.4, -0.2) is 35.7 Å². The van der Waals surface area contributed by atoms with Crippen molar-refractivity contribution in [3.8, 4) is 0 Å². The summed E-state index contributed by atoms with van der Waals surface area (Å²) in [6, 6.07) is 8.74. The van der Waals surface area contributed by atoms with E-state index in [-0.39, 0.29) is 23.8 Å². The van der Waals surface area contributed by atoms with Crippen LogP contribution in [0.15, 0.2) is 28.7 Å². The third-order valence-electron chi connectivity index (χ3n) is 3.68. The topological polar surface area (TPSA) is 38.5 Å². The monoisotopic (exact) mass is 340 g/mol. The molecule has 0 amide bonds. The van der Waals surface area contributed by atoms with Crippen LogP contribution < -0.4 is 5.73 Å². The minimum absolute atomic E-state index is 0.0744. The molecule has 1 aliphatic heterocycles. The Hall–Kier alpha value is -0.420. The molecule has 0 spiro atoms. The summed E-state index contributed by atoms with van der Waals surface area (Å²) < 4.78 is 7.10. The molecule has 0 bridgehead atoms. The van der Waals surface area contributed by atoms with E-state index in [1.807, 2.05) is 6.07 Å². The molecule has 1 aromatic rings. The molecule has 1 heterocycles. The van der Waals surface area contributed by atoms with Gasteiger partial charge in [-0.1, -0.05) is 28.1 Å². The molecule has 2 N–H and O–H groups in total. The molecule has 3 unspecified atom stereocenters. The second kappa shape index (κ2) is 6.14. The lowest BCUT2D eigenvalue weighted by Gasteiger charge is -2.46. The van der Waals surface area contributed by atoms with Gasteiger partial charge in [0.1, 0.15) is 0 Å². The van der Waals surface area contributed by atoms with E-state index in [4.69, 9.17) is 10.5 Å². The molecule has 2 rings (SSSR count). The zero-order valence-electron chi connectivity index (χ0n) is 12.8. The van der Waals surface area contributed by atoms with Crippen molar-refractivity contribution in [3.63, 3.8) is 0 Å². The van der Waals surface area contributed by atoms with Crippen molar-refractivity contribution in [1.82, 2.24) is 4.90 Å². The molecule has 3 atom stereocenters. The number of morpholine rings is 1. The summed E-state index contributed by atoms with van der Waals surface area (Å²) in [6.07, 6.45) is 0.229. The molecule has 4 heteroatoms. The van der Waals surface area contributed by atoms with Gasteiger partial charge in [-0.2, -0.15) is 0 Å². The van der Waals surface area contributed by atoms with Gasteiger partial charge in [0, 0.05) is 29.6 Å². The Morgan fingerprint density at radius 1 is 1.45 bits per heavy atom. The molecule has 0 aromatic heterocycles. The second-order valence-corrected chi connectivity index (χ2v) is 7.39. The summed E-state index contributed by atoms with van der Waals surface area (Å²) in [5.41, 5.74) is 7.42. The molecule has 0 radical (unpaired) electrons. The summed E-state index contributed by atoms with van der Waals surface area (Å²) in [4.78, 5) is 2.46. The first kappa shape index (κ1) is 16.0. The van der Waals surface area contributed by atoms with E-state index in [0.717, 1.165) is 17.6 Å². The Morgan fingerprint density at radius 3 is 2.70 bits per heavy atom. The van der Waals surface area contributed by atoms with Crippen molar-refractivity contribution < 1.29 is 4.74 Å². The van der Waals surface area contributed by atoms with E-state index >= 15 is 0 Å². The van der Waals surface area contributed by atoms with Crippen molar-refractivity contribution in [1.29, 1.82) is 0 Å². The maximum absolute atomic E-state index is 6.29. The molecule has 0 aliphatic carbocycles. The van der Waals surface area contributed by atoms with E-state index in [9.17, 15) is 0 Å². The first-order valence-corrected chi connectivity index (χ1v) is 8.01. The predicted molar refractivity (Wildman–Crippen MR) is 86.7 cm³/mol. The summed E-state index contributed by atoms with van der Waals surface area (Å²) in [5, 5.41) is 0. The highest BCUT2D eigenvalue weighted by atomic mass is 79.9. The van der Waals surface area contributed by atoms with Crippen LogP contribution >= 0.6 is 15.9 Å². The molecular weight excluding hydrogens is 316 g/mol. The fourth-order valence-corrected chi connectivity index (χ4v) is 3.67. The van der Waals surface area contributed by atoms with E-state index in [1.54, 1.807) is 0 Å². The molecule has 0 saturated carbocycles. The van der Waals surface area contributed by atoms with Crippen molar-refractivity contribution >= 4 is 15.9 Å². The highest BCUT2D eigenvalue weighted by Crippen LogP contribution is 2.31. The molecule has 112 valence electrons. The summed E-state index contributed by atoms with van der Waals surface area (Å²) >= 11 is 3.55. The van der Waals surface area contributed by atoms with Crippen LogP contribution in [0.2, 0.25) is 0 Å². The second-order valence-electron chi connectivity index (χ2n) is 6.48. The van der Waals surface area contributed by atoms with Crippen molar-refractivity contribution in [3.05, 3.63) is 34.3 Å². The van der Waals surface area contributed by atoms with Crippen LogP contribution in [0.3, 0.4) is 0 Å².